The summed E-state index contributed by atoms with van der Waals surface area (Å²) in [5.74, 6) is -0.151. The Balaban J connectivity index is 1.46. The molecule has 5 rings (SSSR count). The second-order valence-corrected chi connectivity index (χ2v) is 9.84. The predicted octanol–water partition coefficient (Wildman–Crippen LogP) is 5.83. The summed E-state index contributed by atoms with van der Waals surface area (Å²) in [6, 6.07) is 25.0. The molecule has 0 atom stereocenters. The number of methoxy groups -OCH3 is 1. The van der Waals surface area contributed by atoms with Gasteiger partial charge in [-0.25, -0.2) is 0 Å². The van der Waals surface area contributed by atoms with E-state index in [2.05, 4.69) is 10.6 Å². The number of benzene rings is 3. The number of amides is 3. The number of hydrogen-bond acceptors (Lipinski definition) is 7. The van der Waals surface area contributed by atoms with Gasteiger partial charge in [0.05, 0.1) is 25.6 Å². The number of imide groups is 1. The topological polar surface area (TPSA) is 101 Å². The van der Waals surface area contributed by atoms with Gasteiger partial charge in [-0.3, -0.25) is 19.3 Å². The standard InChI is InChI=1S/C30H25N3O5S/c1-19-13-14-25(37-2)24(16-19)32-26-27(30(36)33(29(26)35)18-22-11-7-15-38-22)39-23-12-6-10-21(17-23)31-28(34)20-8-4-3-5-9-20/h3-17,32H,18H2,1-2H3,(H,31,34). The van der Waals surface area contributed by atoms with Gasteiger partial charge in [0.1, 0.15) is 22.1 Å². The lowest BCUT2D eigenvalue weighted by atomic mass is 10.2. The highest BCUT2D eigenvalue weighted by Gasteiger charge is 2.40. The van der Waals surface area contributed by atoms with Gasteiger partial charge in [0.15, 0.2) is 0 Å². The van der Waals surface area contributed by atoms with E-state index in [0.717, 1.165) is 22.2 Å². The SMILES string of the molecule is COc1ccc(C)cc1NC1=C(Sc2cccc(NC(=O)c3ccccc3)c2)C(=O)N(Cc2ccco2)C1=O. The fraction of sp³-hybridized carbons (Fsp3) is 0.100. The summed E-state index contributed by atoms with van der Waals surface area (Å²) >= 11 is 1.14. The molecule has 196 valence electrons. The van der Waals surface area contributed by atoms with Gasteiger partial charge < -0.3 is 19.8 Å². The molecule has 0 spiro atoms. The van der Waals surface area contributed by atoms with E-state index < -0.39 is 11.8 Å². The highest BCUT2D eigenvalue weighted by atomic mass is 32.2. The predicted molar refractivity (Wildman–Crippen MR) is 149 cm³/mol. The average molecular weight is 540 g/mol. The van der Waals surface area contributed by atoms with E-state index >= 15 is 0 Å². The lowest BCUT2D eigenvalue weighted by Crippen LogP contribution is -2.31. The smallest absolute Gasteiger partial charge is 0.278 e. The van der Waals surface area contributed by atoms with E-state index in [1.165, 1.54) is 6.26 Å². The van der Waals surface area contributed by atoms with Crippen LogP contribution in [0.1, 0.15) is 21.7 Å². The molecule has 8 nitrogen and oxygen atoms in total. The Labute approximate surface area is 229 Å². The molecule has 0 radical (unpaired) electrons. The van der Waals surface area contributed by atoms with E-state index in [1.807, 2.05) is 31.2 Å². The van der Waals surface area contributed by atoms with Gasteiger partial charge in [-0.05, 0) is 67.1 Å². The Bertz CT molecular complexity index is 1560. The fourth-order valence-corrected chi connectivity index (χ4v) is 5.07. The molecule has 4 aromatic rings. The van der Waals surface area contributed by atoms with Crippen LogP contribution in [0.4, 0.5) is 11.4 Å². The van der Waals surface area contributed by atoms with Crippen molar-refractivity contribution in [2.45, 2.75) is 18.4 Å². The molecule has 1 aromatic heterocycles. The summed E-state index contributed by atoms with van der Waals surface area (Å²) in [5, 5.41) is 6.03. The van der Waals surface area contributed by atoms with E-state index in [9.17, 15) is 14.4 Å². The highest BCUT2D eigenvalue weighted by molar-refractivity contribution is 8.04. The Morgan fingerprint density at radius 3 is 2.51 bits per heavy atom. The van der Waals surface area contributed by atoms with Crippen LogP contribution in [0.5, 0.6) is 5.75 Å². The summed E-state index contributed by atoms with van der Waals surface area (Å²) in [5.41, 5.74) is 2.75. The second kappa shape index (κ2) is 11.3. The third-order valence-electron chi connectivity index (χ3n) is 5.98. The third kappa shape index (κ3) is 5.73. The van der Waals surface area contributed by atoms with E-state index in [-0.39, 0.29) is 23.1 Å². The van der Waals surface area contributed by atoms with Crippen LogP contribution in [0, 0.1) is 6.92 Å². The zero-order valence-electron chi connectivity index (χ0n) is 21.3. The zero-order chi connectivity index (χ0) is 27.4. The zero-order valence-corrected chi connectivity index (χ0v) is 22.1. The number of nitrogens with one attached hydrogen (secondary N) is 2. The fourth-order valence-electron chi connectivity index (χ4n) is 4.06. The number of anilines is 2. The number of aryl methyl sites for hydroxylation is 1. The van der Waals surface area contributed by atoms with E-state index in [4.69, 9.17) is 9.15 Å². The van der Waals surface area contributed by atoms with Crippen molar-refractivity contribution in [3.8, 4) is 5.75 Å². The van der Waals surface area contributed by atoms with Crippen molar-refractivity contribution >= 4 is 40.9 Å². The summed E-state index contributed by atoms with van der Waals surface area (Å²) in [4.78, 5) is 41.8. The van der Waals surface area contributed by atoms with E-state index in [1.54, 1.807) is 67.8 Å². The van der Waals surface area contributed by atoms with Crippen LogP contribution in [0.15, 0.2) is 111 Å². The van der Waals surface area contributed by atoms with Crippen LogP contribution >= 0.6 is 11.8 Å². The van der Waals surface area contributed by atoms with Crippen LogP contribution in [0.2, 0.25) is 0 Å². The molecular formula is C30H25N3O5S. The molecule has 39 heavy (non-hydrogen) atoms. The number of carbonyl (C=O) groups is 3. The second-order valence-electron chi connectivity index (χ2n) is 8.76. The van der Waals surface area contributed by atoms with Crippen molar-refractivity contribution in [1.82, 2.24) is 4.90 Å². The van der Waals surface area contributed by atoms with Crippen LogP contribution in [0.3, 0.4) is 0 Å². The molecule has 0 bridgehead atoms. The minimum absolute atomic E-state index is 0.00195. The number of furan rings is 1. The van der Waals surface area contributed by atoms with Crippen molar-refractivity contribution in [3.05, 3.63) is 119 Å². The maximum Gasteiger partial charge on any atom is 0.278 e. The molecule has 0 saturated carbocycles. The number of ether oxygens (including phenoxy) is 1. The minimum atomic E-state index is -0.476. The van der Waals surface area contributed by atoms with Gasteiger partial charge in [0.25, 0.3) is 17.7 Å². The average Bonchev–Trinajstić information content (AvgIpc) is 3.53. The quantitative estimate of drug-likeness (QED) is 0.258. The molecule has 9 heteroatoms. The molecule has 1 aliphatic rings. The lowest BCUT2D eigenvalue weighted by Gasteiger charge is -2.15. The first-order valence-corrected chi connectivity index (χ1v) is 12.9. The van der Waals surface area contributed by atoms with Crippen LogP contribution in [-0.4, -0.2) is 29.7 Å². The maximum atomic E-state index is 13.6. The Morgan fingerprint density at radius 1 is 0.949 bits per heavy atom. The van der Waals surface area contributed by atoms with Gasteiger partial charge in [0.2, 0.25) is 0 Å². The molecule has 2 heterocycles. The van der Waals surface area contributed by atoms with Crippen molar-refractivity contribution in [2.24, 2.45) is 0 Å². The summed E-state index contributed by atoms with van der Waals surface area (Å²) < 4.78 is 10.9. The number of nitrogens with zero attached hydrogens (tertiary/aromatic N) is 1. The molecule has 0 fully saturated rings. The molecule has 2 N–H and O–H groups in total. The Hall–Kier alpha value is -4.76. The van der Waals surface area contributed by atoms with Crippen LogP contribution in [-0.2, 0) is 16.1 Å². The molecule has 3 aromatic carbocycles. The molecule has 3 amide bonds. The normalized spacial score (nSPS) is 13.1. The summed E-state index contributed by atoms with van der Waals surface area (Å²) in [6.45, 7) is 1.92. The summed E-state index contributed by atoms with van der Waals surface area (Å²) in [7, 11) is 1.54. The van der Waals surface area contributed by atoms with Crippen molar-refractivity contribution in [1.29, 1.82) is 0 Å². The van der Waals surface area contributed by atoms with Gasteiger partial charge in [-0.15, -0.1) is 0 Å². The first-order valence-electron chi connectivity index (χ1n) is 12.1. The Morgan fingerprint density at radius 2 is 1.77 bits per heavy atom. The molecule has 1 aliphatic heterocycles. The molecule has 0 saturated heterocycles. The Kier molecular flexibility index (Phi) is 7.51. The maximum absolute atomic E-state index is 13.6. The van der Waals surface area contributed by atoms with Crippen LogP contribution in [0.25, 0.3) is 0 Å². The molecule has 0 unspecified atom stereocenters. The van der Waals surface area contributed by atoms with E-state index in [0.29, 0.717) is 33.3 Å². The highest BCUT2D eigenvalue weighted by Crippen LogP contribution is 2.38. The van der Waals surface area contributed by atoms with Crippen molar-refractivity contribution < 1.29 is 23.5 Å². The molecule has 0 aliphatic carbocycles. The number of carbonyl (C=O) groups excluding carboxylic acids is 3. The number of thioether (sulfide) groups is 1. The number of rotatable bonds is 9. The largest absolute Gasteiger partial charge is 0.495 e. The van der Waals surface area contributed by atoms with Crippen LogP contribution < -0.4 is 15.4 Å². The third-order valence-corrected chi connectivity index (χ3v) is 7.05. The monoisotopic (exact) mass is 539 g/mol. The molecular weight excluding hydrogens is 514 g/mol. The summed E-state index contributed by atoms with van der Waals surface area (Å²) in [6.07, 6.45) is 1.50. The van der Waals surface area contributed by atoms with Gasteiger partial charge >= 0.3 is 0 Å². The van der Waals surface area contributed by atoms with Gasteiger partial charge in [-0.2, -0.15) is 0 Å². The minimum Gasteiger partial charge on any atom is -0.495 e. The lowest BCUT2D eigenvalue weighted by molar-refractivity contribution is -0.138. The number of hydrogen-bond donors (Lipinski definition) is 2. The first kappa shape index (κ1) is 25.9. The van der Waals surface area contributed by atoms with Crippen molar-refractivity contribution in [2.75, 3.05) is 17.7 Å². The van der Waals surface area contributed by atoms with Gasteiger partial charge in [0, 0.05) is 16.1 Å². The first-order chi connectivity index (χ1) is 18.9. The van der Waals surface area contributed by atoms with Gasteiger partial charge in [-0.1, -0.05) is 42.1 Å². The van der Waals surface area contributed by atoms with Crippen molar-refractivity contribution in [3.63, 3.8) is 0 Å².